The van der Waals surface area contributed by atoms with Gasteiger partial charge in [0.15, 0.2) is 0 Å². The normalized spacial score (nSPS) is 10.3. The maximum atomic E-state index is 11.4. The van der Waals surface area contributed by atoms with Gasteiger partial charge in [0.2, 0.25) is 0 Å². The molecule has 0 N–H and O–H groups in total. The number of rotatable bonds is 5. The van der Waals surface area contributed by atoms with Gasteiger partial charge in [-0.1, -0.05) is 13.3 Å². The van der Waals surface area contributed by atoms with Gasteiger partial charge in [0.1, 0.15) is 12.1 Å². The molecule has 1 heterocycles. The number of carbonyl (C=O) groups excluding carboxylic acids is 1. The maximum absolute atomic E-state index is 11.4. The van der Waals surface area contributed by atoms with Crippen molar-refractivity contribution >= 4 is 5.97 Å². The number of nitrogens with zero attached hydrogens (tertiary/aromatic N) is 4. The summed E-state index contributed by atoms with van der Waals surface area (Å²) in [5.41, 5.74) is 0.813. The number of esters is 1. The van der Waals surface area contributed by atoms with Gasteiger partial charge in [0.25, 0.3) is 0 Å². The first-order valence-corrected chi connectivity index (χ1v) is 5.83. The zero-order chi connectivity index (χ0) is 12.8. The van der Waals surface area contributed by atoms with Crippen LogP contribution in [0.3, 0.4) is 0 Å². The van der Waals surface area contributed by atoms with Crippen LogP contribution < -0.4 is 4.74 Å². The molecule has 0 saturated heterocycles. The van der Waals surface area contributed by atoms with Crippen LogP contribution in [0.2, 0.25) is 0 Å². The van der Waals surface area contributed by atoms with E-state index in [0.29, 0.717) is 12.2 Å². The number of hydrogen-bond donors (Lipinski definition) is 0. The summed E-state index contributed by atoms with van der Waals surface area (Å²) in [5.74, 6) is 0.333. The molecule has 1 aromatic carbocycles. The lowest BCUT2D eigenvalue weighted by Gasteiger charge is -2.04. The van der Waals surface area contributed by atoms with Crippen molar-refractivity contribution in [3.63, 3.8) is 0 Å². The summed E-state index contributed by atoms with van der Waals surface area (Å²) in [6.07, 6.45) is 3.78. The summed E-state index contributed by atoms with van der Waals surface area (Å²) in [6.45, 7) is 2.04. The Hall–Kier alpha value is -2.24. The van der Waals surface area contributed by atoms with Crippen LogP contribution in [0.25, 0.3) is 5.69 Å². The molecule has 0 spiro atoms. The van der Waals surface area contributed by atoms with Gasteiger partial charge in [-0.25, -0.2) is 4.68 Å². The second-order valence-corrected chi connectivity index (χ2v) is 3.83. The summed E-state index contributed by atoms with van der Waals surface area (Å²) in [5, 5.41) is 10.9. The first-order valence-electron chi connectivity index (χ1n) is 5.83. The van der Waals surface area contributed by atoms with Crippen molar-refractivity contribution < 1.29 is 9.53 Å². The molecular weight excluding hydrogens is 232 g/mol. The number of benzene rings is 1. The molecule has 18 heavy (non-hydrogen) atoms. The molecule has 0 aliphatic carbocycles. The van der Waals surface area contributed by atoms with Gasteiger partial charge in [-0.3, -0.25) is 4.79 Å². The fraction of sp³-hybridized carbons (Fsp3) is 0.333. The van der Waals surface area contributed by atoms with E-state index in [2.05, 4.69) is 15.5 Å². The molecule has 0 aliphatic rings. The molecule has 94 valence electrons. The molecule has 2 aromatic rings. The Balaban J connectivity index is 1.98. The van der Waals surface area contributed by atoms with Crippen LogP contribution in [0.15, 0.2) is 30.6 Å². The van der Waals surface area contributed by atoms with E-state index in [-0.39, 0.29) is 5.97 Å². The third-order valence-electron chi connectivity index (χ3n) is 2.42. The molecule has 0 unspecified atom stereocenters. The van der Waals surface area contributed by atoms with Gasteiger partial charge in [0, 0.05) is 6.42 Å². The number of ether oxygens (including phenoxy) is 1. The zero-order valence-electron chi connectivity index (χ0n) is 10.1. The lowest BCUT2D eigenvalue weighted by atomic mass is 10.2. The average molecular weight is 246 g/mol. The van der Waals surface area contributed by atoms with E-state index in [1.807, 2.05) is 6.92 Å². The zero-order valence-corrected chi connectivity index (χ0v) is 10.1. The third kappa shape index (κ3) is 3.13. The van der Waals surface area contributed by atoms with E-state index in [4.69, 9.17) is 4.74 Å². The topological polar surface area (TPSA) is 69.9 Å². The lowest BCUT2D eigenvalue weighted by molar-refractivity contribution is -0.134. The predicted molar refractivity (Wildman–Crippen MR) is 64.3 cm³/mol. The second-order valence-electron chi connectivity index (χ2n) is 3.83. The molecule has 1 aromatic heterocycles. The number of tetrazole rings is 1. The summed E-state index contributed by atoms with van der Waals surface area (Å²) in [7, 11) is 0. The van der Waals surface area contributed by atoms with Crippen molar-refractivity contribution in [3.05, 3.63) is 30.6 Å². The quantitative estimate of drug-likeness (QED) is 0.594. The molecule has 6 nitrogen and oxygen atoms in total. The van der Waals surface area contributed by atoms with Crippen LogP contribution in [-0.4, -0.2) is 26.2 Å². The van der Waals surface area contributed by atoms with Gasteiger partial charge < -0.3 is 4.74 Å². The van der Waals surface area contributed by atoms with E-state index in [1.165, 1.54) is 11.0 Å². The molecular formula is C12H14N4O2. The third-order valence-corrected chi connectivity index (χ3v) is 2.42. The summed E-state index contributed by atoms with van der Waals surface area (Å²) in [4.78, 5) is 11.4. The van der Waals surface area contributed by atoms with E-state index < -0.39 is 0 Å². The van der Waals surface area contributed by atoms with E-state index in [9.17, 15) is 4.79 Å². The standard InChI is InChI=1S/C12H14N4O2/c1-2-3-4-12(17)18-11-7-5-10(6-8-11)16-9-13-14-15-16/h5-9H,2-4H2,1H3. The van der Waals surface area contributed by atoms with Crippen molar-refractivity contribution in [1.29, 1.82) is 0 Å². The summed E-state index contributed by atoms with van der Waals surface area (Å²) < 4.78 is 6.72. The van der Waals surface area contributed by atoms with Crippen LogP contribution in [-0.2, 0) is 4.79 Å². The highest BCUT2D eigenvalue weighted by Gasteiger charge is 2.04. The monoisotopic (exact) mass is 246 g/mol. The fourth-order valence-electron chi connectivity index (χ4n) is 1.45. The van der Waals surface area contributed by atoms with Crippen LogP contribution in [0.4, 0.5) is 0 Å². The molecule has 6 heteroatoms. The molecule has 0 amide bonds. The minimum atomic E-state index is -0.202. The number of aromatic nitrogens is 4. The van der Waals surface area contributed by atoms with Crippen LogP contribution >= 0.6 is 0 Å². The van der Waals surface area contributed by atoms with E-state index >= 15 is 0 Å². The fourth-order valence-corrected chi connectivity index (χ4v) is 1.45. The Bertz CT molecular complexity index is 493. The van der Waals surface area contributed by atoms with Crippen molar-refractivity contribution in [2.24, 2.45) is 0 Å². The molecule has 0 saturated carbocycles. The van der Waals surface area contributed by atoms with Gasteiger partial charge in [-0.05, 0) is 41.1 Å². The number of unbranched alkanes of at least 4 members (excludes halogenated alkanes) is 1. The number of carbonyl (C=O) groups is 1. The second kappa shape index (κ2) is 5.90. The molecule has 0 radical (unpaired) electrons. The first-order chi connectivity index (χ1) is 8.79. The highest BCUT2D eigenvalue weighted by atomic mass is 16.5. The van der Waals surface area contributed by atoms with Gasteiger partial charge in [-0.2, -0.15) is 0 Å². The number of hydrogen-bond acceptors (Lipinski definition) is 5. The van der Waals surface area contributed by atoms with Gasteiger partial charge in [-0.15, -0.1) is 5.10 Å². The van der Waals surface area contributed by atoms with Crippen molar-refractivity contribution in [1.82, 2.24) is 20.2 Å². The van der Waals surface area contributed by atoms with Crippen LogP contribution in [0, 0.1) is 0 Å². The van der Waals surface area contributed by atoms with Crippen molar-refractivity contribution in [2.75, 3.05) is 0 Å². The molecule has 0 fully saturated rings. The minimum absolute atomic E-state index is 0.202. The van der Waals surface area contributed by atoms with Crippen molar-refractivity contribution in [2.45, 2.75) is 26.2 Å². The van der Waals surface area contributed by atoms with Gasteiger partial charge in [0.05, 0.1) is 5.69 Å². The Kier molecular flexibility index (Phi) is 4.01. The highest BCUT2D eigenvalue weighted by Crippen LogP contribution is 2.15. The first kappa shape index (κ1) is 12.2. The van der Waals surface area contributed by atoms with Gasteiger partial charge >= 0.3 is 5.97 Å². The smallest absolute Gasteiger partial charge is 0.311 e. The molecule has 0 aliphatic heterocycles. The Labute approximate surface area is 105 Å². The van der Waals surface area contributed by atoms with E-state index in [0.717, 1.165) is 18.5 Å². The Morgan fingerprint density at radius 1 is 1.33 bits per heavy atom. The van der Waals surface area contributed by atoms with E-state index in [1.54, 1.807) is 24.3 Å². The largest absolute Gasteiger partial charge is 0.427 e. The summed E-state index contributed by atoms with van der Waals surface area (Å²) >= 11 is 0. The van der Waals surface area contributed by atoms with Crippen LogP contribution in [0.1, 0.15) is 26.2 Å². The average Bonchev–Trinajstić information content (AvgIpc) is 2.91. The SMILES string of the molecule is CCCCC(=O)Oc1ccc(-n2cnnn2)cc1. The molecule has 0 bridgehead atoms. The Morgan fingerprint density at radius 2 is 2.11 bits per heavy atom. The molecule has 0 atom stereocenters. The van der Waals surface area contributed by atoms with Crippen molar-refractivity contribution in [3.8, 4) is 11.4 Å². The minimum Gasteiger partial charge on any atom is -0.427 e. The highest BCUT2D eigenvalue weighted by molar-refractivity contribution is 5.72. The molecule has 2 rings (SSSR count). The summed E-state index contributed by atoms with van der Waals surface area (Å²) in [6, 6.07) is 7.03. The Morgan fingerprint density at radius 3 is 2.72 bits per heavy atom. The maximum Gasteiger partial charge on any atom is 0.311 e. The lowest BCUT2D eigenvalue weighted by Crippen LogP contribution is -2.07. The van der Waals surface area contributed by atoms with Crippen LogP contribution in [0.5, 0.6) is 5.75 Å². The predicted octanol–water partition coefficient (Wildman–Crippen LogP) is 1.76.